The van der Waals surface area contributed by atoms with E-state index in [1.807, 2.05) is 0 Å². The van der Waals surface area contributed by atoms with Gasteiger partial charge in [-0.3, -0.25) is 9.89 Å². The summed E-state index contributed by atoms with van der Waals surface area (Å²) >= 11 is 0. The van der Waals surface area contributed by atoms with Crippen molar-refractivity contribution < 1.29 is 9.84 Å². The van der Waals surface area contributed by atoms with Crippen LogP contribution in [0, 0.1) is 5.92 Å². The zero-order valence-corrected chi connectivity index (χ0v) is 12.1. The Labute approximate surface area is 116 Å². The summed E-state index contributed by atoms with van der Waals surface area (Å²) in [6.45, 7) is 9.38. The number of hydrogen-bond donors (Lipinski definition) is 3. The maximum absolute atomic E-state index is 9.89. The van der Waals surface area contributed by atoms with E-state index in [0.29, 0.717) is 25.0 Å². The molecular weight excluding hydrogens is 244 g/mol. The molecule has 0 bridgehead atoms. The van der Waals surface area contributed by atoms with E-state index in [4.69, 9.17) is 10.5 Å². The second-order valence-corrected chi connectivity index (χ2v) is 5.40. The number of β-amino-alcohol motifs (C(OH)–C–C–N with tert-alkyl or cyclic N) is 1. The molecule has 19 heavy (non-hydrogen) atoms. The number of rotatable bonds is 7. The van der Waals surface area contributed by atoms with Gasteiger partial charge in [0.1, 0.15) is 0 Å². The van der Waals surface area contributed by atoms with Crippen molar-refractivity contribution in [1.82, 2.24) is 10.2 Å². The van der Waals surface area contributed by atoms with Crippen LogP contribution in [0.15, 0.2) is 4.99 Å². The molecule has 0 spiro atoms. The SMILES string of the molecule is CC(C)CCNC(N)=NCC(O)CN1CCOCC1. The standard InChI is InChI=1S/C13H28N4O2/c1-11(2)3-4-15-13(14)16-9-12(18)10-17-5-7-19-8-6-17/h11-12,18H,3-10H2,1-2H3,(H3,14,15,16). The van der Waals surface area contributed by atoms with Gasteiger partial charge in [-0.1, -0.05) is 13.8 Å². The minimum absolute atomic E-state index is 0.345. The zero-order chi connectivity index (χ0) is 14.1. The number of ether oxygens (including phenoxy) is 1. The molecule has 6 heteroatoms. The maximum Gasteiger partial charge on any atom is 0.188 e. The first kappa shape index (κ1) is 16.2. The highest BCUT2D eigenvalue weighted by atomic mass is 16.5. The fraction of sp³-hybridized carbons (Fsp3) is 0.923. The van der Waals surface area contributed by atoms with Gasteiger partial charge in [-0.25, -0.2) is 0 Å². The maximum atomic E-state index is 9.89. The van der Waals surface area contributed by atoms with E-state index in [-0.39, 0.29) is 0 Å². The average molecular weight is 272 g/mol. The normalized spacial score (nSPS) is 19.7. The molecule has 0 radical (unpaired) electrons. The Hall–Kier alpha value is -0.850. The summed E-state index contributed by atoms with van der Waals surface area (Å²) in [5.74, 6) is 1.06. The number of aliphatic hydroxyl groups excluding tert-OH is 1. The second-order valence-electron chi connectivity index (χ2n) is 5.40. The second kappa shape index (κ2) is 9.12. The Morgan fingerprint density at radius 3 is 2.74 bits per heavy atom. The molecule has 4 N–H and O–H groups in total. The van der Waals surface area contributed by atoms with Crippen molar-refractivity contribution >= 4 is 5.96 Å². The molecule has 1 rings (SSSR count). The molecule has 112 valence electrons. The van der Waals surface area contributed by atoms with E-state index in [0.717, 1.165) is 39.3 Å². The first-order valence-corrected chi connectivity index (χ1v) is 7.10. The van der Waals surface area contributed by atoms with Crippen molar-refractivity contribution in [2.24, 2.45) is 16.6 Å². The molecular formula is C13H28N4O2. The third-order valence-corrected chi connectivity index (χ3v) is 3.07. The third kappa shape index (κ3) is 8.02. The van der Waals surface area contributed by atoms with E-state index in [1.165, 1.54) is 0 Å². The minimum atomic E-state index is -0.469. The van der Waals surface area contributed by atoms with Gasteiger partial charge in [-0.05, 0) is 12.3 Å². The van der Waals surface area contributed by atoms with Crippen LogP contribution in [0.4, 0.5) is 0 Å². The van der Waals surface area contributed by atoms with E-state index in [2.05, 4.69) is 29.1 Å². The summed E-state index contributed by atoms with van der Waals surface area (Å²) in [6.07, 6.45) is 0.593. The summed E-state index contributed by atoms with van der Waals surface area (Å²) in [6, 6.07) is 0. The van der Waals surface area contributed by atoms with Crippen LogP contribution in [0.5, 0.6) is 0 Å². The van der Waals surface area contributed by atoms with Gasteiger partial charge in [0.2, 0.25) is 0 Å². The molecule has 6 nitrogen and oxygen atoms in total. The van der Waals surface area contributed by atoms with E-state index >= 15 is 0 Å². The van der Waals surface area contributed by atoms with Crippen LogP contribution < -0.4 is 11.1 Å². The molecule has 1 fully saturated rings. The van der Waals surface area contributed by atoms with Crippen molar-refractivity contribution in [3.8, 4) is 0 Å². The number of hydrogen-bond acceptors (Lipinski definition) is 4. The molecule has 1 aliphatic heterocycles. The van der Waals surface area contributed by atoms with Gasteiger partial charge in [-0.2, -0.15) is 0 Å². The number of nitrogens with zero attached hydrogens (tertiary/aromatic N) is 2. The monoisotopic (exact) mass is 272 g/mol. The number of aliphatic hydroxyl groups is 1. The zero-order valence-electron chi connectivity index (χ0n) is 12.1. The predicted molar refractivity (Wildman–Crippen MR) is 77.2 cm³/mol. The van der Waals surface area contributed by atoms with E-state index < -0.39 is 6.10 Å². The number of morpholine rings is 1. The van der Waals surface area contributed by atoms with Crippen LogP contribution >= 0.6 is 0 Å². The van der Waals surface area contributed by atoms with Gasteiger partial charge < -0.3 is 20.9 Å². The molecule has 0 amide bonds. The van der Waals surface area contributed by atoms with Gasteiger partial charge in [0, 0.05) is 26.2 Å². The molecule has 0 aromatic heterocycles. The summed E-state index contributed by atoms with van der Waals surface area (Å²) in [4.78, 5) is 6.35. The van der Waals surface area contributed by atoms with Gasteiger partial charge in [0.05, 0.1) is 25.9 Å². The molecule has 1 heterocycles. The molecule has 1 atom stereocenters. The van der Waals surface area contributed by atoms with Gasteiger partial charge in [-0.15, -0.1) is 0 Å². The molecule has 0 aromatic carbocycles. The number of aliphatic imine (C=N–C) groups is 1. The predicted octanol–water partition coefficient (Wildman–Crippen LogP) is -0.370. The molecule has 1 aliphatic rings. The minimum Gasteiger partial charge on any atom is -0.390 e. The van der Waals surface area contributed by atoms with Crippen molar-refractivity contribution in [3.05, 3.63) is 0 Å². The van der Waals surface area contributed by atoms with Crippen molar-refractivity contribution in [2.45, 2.75) is 26.4 Å². The fourth-order valence-corrected chi connectivity index (χ4v) is 1.89. The first-order valence-electron chi connectivity index (χ1n) is 7.10. The molecule has 1 unspecified atom stereocenters. The quantitative estimate of drug-likeness (QED) is 0.435. The Kier molecular flexibility index (Phi) is 7.78. The summed E-state index contributed by atoms with van der Waals surface area (Å²) in [7, 11) is 0. The van der Waals surface area contributed by atoms with Crippen LogP contribution in [-0.2, 0) is 4.74 Å². The smallest absolute Gasteiger partial charge is 0.188 e. The lowest BCUT2D eigenvalue weighted by atomic mass is 10.1. The highest BCUT2D eigenvalue weighted by Crippen LogP contribution is 1.99. The summed E-state index contributed by atoms with van der Waals surface area (Å²) in [5, 5.41) is 12.9. The molecule has 0 aromatic rings. The van der Waals surface area contributed by atoms with E-state index in [9.17, 15) is 5.11 Å². The van der Waals surface area contributed by atoms with Crippen molar-refractivity contribution in [2.75, 3.05) is 45.9 Å². The fourth-order valence-electron chi connectivity index (χ4n) is 1.89. The molecule has 1 saturated heterocycles. The van der Waals surface area contributed by atoms with E-state index in [1.54, 1.807) is 0 Å². The van der Waals surface area contributed by atoms with Crippen molar-refractivity contribution in [1.29, 1.82) is 0 Å². The summed E-state index contributed by atoms with van der Waals surface area (Å²) in [5.41, 5.74) is 5.74. The molecule has 0 aliphatic carbocycles. The largest absolute Gasteiger partial charge is 0.390 e. The Morgan fingerprint density at radius 2 is 2.11 bits per heavy atom. The topological polar surface area (TPSA) is 83.1 Å². The molecule has 0 saturated carbocycles. The third-order valence-electron chi connectivity index (χ3n) is 3.07. The van der Waals surface area contributed by atoms with Gasteiger partial charge in [0.15, 0.2) is 5.96 Å². The first-order chi connectivity index (χ1) is 9.08. The Balaban J connectivity index is 2.14. The van der Waals surface area contributed by atoms with Crippen LogP contribution in [-0.4, -0.2) is 68.0 Å². The summed E-state index contributed by atoms with van der Waals surface area (Å²) < 4.78 is 5.26. The lowest BCUT2D eigenvalue weighted by Crippen LogP contribution is -2.42. The average Bonchev–Trinajstić information content (AvgIpc) is 2.37. The van der Waals surface area contributed by atoms with Gasteiger partial charge >= 0.3 is 0 Å². The lowest BCUT2D eigenvalue weighted by molar-refractivity contribution is 0.0165. The number of nitrogens with two attached hydrogens (primary N) is 1. The number of guanidine groups is 1. The van der Waals surface area contributed by atoms with Crippen LogP contribution in [0.2, 0.25) is 0 Å². The van der Waals surface area contributed by atoms with Crippen LogP contribution in [0.1, 0.15) is 20.3 Å². The number of nitrogens with one attached hydrogen (secondary N) is 1. The Bertz CT molecular complexity index is 265. The lowest BCUT2D eigenvalue weighted by Gasteiger charge is -2.28. The highest BCUT2D eigenvalue weighted by Gasteiger charge is 2.14. The van der Waals surface area contributed by atoms with Crippen molar-refractivity contribution in [3.63, 3.8) is 0 Å². The van der Waals surface area contributed by atoms with Crippen LogP contribution in [0.25, 0.3) is 0 Å². The van der Waals surface area contributed by atoms with Gasteiger partial charge in [0.25, 0.3) is 0 Å². The van der Waals surface area contributed by atoms with Crippen LogP contribution in [0.3, 0.4) is 0 Å². The highest BCUT2D eigenvalue weighted by molar-refractivity contribution is 5.77. The Morgan fingerprint density at radius 1 is 1.42 bits per heavy atom.